The van der Waals surface area contributed by atoms with E-state index < -0.39 is 73.9 Å². The number of rotatable bonds is 11. The van der Waals surface area contributed by atoms with E-state index in [2.05, 4.69) is 5.09 Å². The fraction of sp³-hybridized carbons (Fsp3) is 0.522. The van der Waals surface area contributed by atoms with Crippen molar-refractivity contribution in [2.24, 2.45) is 5.92 Å². The molecule has 1 unspecified atom stereocenters. The largest absolute Gasteiger partial charge is 0.462 e. The van der Waals surface area contributed by atoms with Crippen LogP contribution in [0.3, 0.4) is 0 Å². The van der Waals surface area contributed by atoms with Gasteiger partial charge in [-0.3, -0.25) is 23.7 Å². The summed E-state index contributed by atoms with van der Waals surface area (Å²) in [5, 5.41) is 23.3. The number of ether oxygens (including phenoxy) is 2. The first kappa shape index (κ1) is 29.7. The van der Waals surface area contributed by atoms with Gasteiger partial charge in [0.1, 0.15) is 30.6 Å². The number of benzene rings is 1. The Morgan fingerprint density at radius 3 is 2.45 bits per heavy atom. The molecule has 1 aromatic heterocycles. The fourth-order valence-electron chi connectivity index (χ4n) is 3.55. The summed E-state index contributed by atoms with van der Waals surface area (Å²) in [5.41, 5.74) is -1.77. The molecule has 1 aromatic carbocycles. The number of carbonyl (C=O) groups is 1. The first-order chi connectivity index (χ1) is 17.7. The van der Waals surface area contributed by atoms with Crippen LogP contribution in [0.4, 0.5) is 4.39 Å². The number of aromatic amines is 1. The molecule has 210 valence electrons. The molecule has 0 amide bonds. The molecular formula is C23H31FN3O10P. The Balaban J connectivity index is 1.87. The number of para-hydroxylation sites is 1. The zero-order chi connectivity index (χ0) is 28.3. The van der Waals surface area contributed by atoms with Gasteiger partial charge in [0.15, 0.2) is 6.23 Å². The second-order valence-corrected chi connectivity index (χ2v) is 11.0. The molecule has 4 N–H and O–H groups in total. The molecule has 6 atom stereocenters. The van der Waals surface area contributed by atoms with Crippen molar-refractivity contribution in [3.63, 3.8) is 0 Å². The number of hydrogen-bond acceptors (Lipinski definition) is 10. The fourth-order valence-corrected chi connectivity index (χ4v) is 5.22. The number of carbonyl (C=O) groups excluding carboxylic acids is 1. The minimum absolute atomic E-state index is 0.0570. The van der Waals surface area contributed by atoms with Crippen molar-refractivity contribution >= 4 is 13.7 Å². The minimum atomic E-state index is -4.58. The minimum Gasteiger partial charge on any atom is -0.462 e. The highest BCUT2D eigenvalue weighted by molar-refractivity contribution is 7.52. The van der Waals surface area contributed by atoms with Gasteiger partial charge in [-0.2, -0.15) is 5.09 Å². The third kappa shape index (κ3) is 6.95. The molecule has 1 aliphatic rings. The summed E-state index contributed by atoms with van der Waals surface area (Å²) in [4.78, 5) is 38.0. The smallest absolute Gasteiger partial charge is 0.459 e. The van der Waals surface area contributed by atoms with Crippen molar-refractivity contribution in [3.8, 4) is 5.75 Å². The molecule has 15 heteroatoms. The van der Waals surface area contributed by atoms with Crippen LogP contribution in [-0.4, -0.2) is 62.5 Å². The van der Waals surface area contributed by atoms with Gasteiger partial charge in [0.2, 0.25) is 0 Å². The second kappa shape index (κ2) is 11.9. The highest BCUT2D eigenvalue weighted by atomic mass is 31.2. The van der Waals surface area contributed by atoms with E-state index in [1.807, 2.05) is 4.98 Å². The van der Waals surface area contributed by atoms with E-state index in [0.717, 1.165) is 12.3 Å². The van der Waals surface area contributed by atoms with Crippen molar-refractivity contribution in [3.05, 3.63) is 63.4 Å². The number of nitrogens with zero attached hydrogens (tertiary/aromatic N) is 1. The Morgan fingerprint density at radius 2 is 1.87 bits per heavy atom. The van der Waals surface area contributed by atoms with Crippen molar-refractivity contribution < 1.29 is 42.5 Å². The van der Waals surface area contributed by atoms with Gasteiger partial charge in [0, 0.05) is 12.3 Å². The van der Waals surface area contributed by atoms with Gasteiger partial charge in [-0.25, -0.2) is 13.8 Å². The molecule has 0 spiro atoms. The molecule has 3 rings (SSSR count). The predicted molar refractivity (Wildman–Crippen MR) is 131 cm³/mol. The van der Waals surface area contributed by atoms with Crippen LogP contribution in [0, 0.1) is 5.92 Å². The molecular weight excluding hydrogens is 528 g/mol. The maximum Gasteiger partial charge on any atom is 0.459 e. The Hall–Kier alpha value is -2.87. The number of H-pyrrole nitrogens is 1. The summed E-state index contributed by atoms with van der Waals surface area (Å²) in [5.74, 6) is -4.34. The van der Waals surface area contributed by atoms with E-state index in [1.54, 1.807) is 45.9 Å². The number of aromatic nitrogens is 2. The van der Waals surface area contributed by atoms with E-state index in [9.17, 15) is 29.2 Å². The predicted octanol–water partition coefficient (Wildman–Crippen LogP) is 1.22. The van der Waals surface area contributed by atoms with Gasteiger partial charge in [-0.05, 0) is 31.9 Å². The lowest BCUT2D eigenvalue weighted by molar-refractivity contribution is -0.204. The van der Waals surface area contributed by atoms with Crippen molar-refractivity contribution in [2.45, 2.75) is 64.1 Å². The topological polar surface area (TPSA) is 178 Å². The number of nitrogens with one attached hydrogen (secondary N) is 2. The van der Waals surface area contributed by atoms with Gasteiger partial charge >= 0.3 is 19.4 Å². The molecule has 0 aliphatic carbocycles. The Labute approximate surface area is 217 Å². The number of halogens is 1. The molecule has 1 saturated heterocycles. The third-order valence-electron chi connectivity index (χ3n) is 5.47. The molecule has 2 aromatic rings. The summed E-state index contributed by atoms with van der Waals surface area (Å²) in [6, 6.07) is 7.46. The van der Waals surface area contributed by atoms with E-state index >= 15 is 4.39 Å². The van der Waals surface area contributed by atoms with Gasteiger partial charge in [-0.1, -0.05) is 32.0 Å². The summed E-state index contributed by atoms with van der Waals surface area (Å²) in [7, 11) is -4.58. The summed E-state index contributed by atoms with van der Waals surface area (Å²) in [6.07, 6.45) is -5.52. The van der Waals surface area contributed by atoms with Crippen LogP contribution >= 0.6 is 7.75 Å². The Kier molecular flexibility index (Phi) is 9.29. The highest BCUT2D eigenvalue weighted by Crippen LogP contribution is 2.48. The standard InChI is InChI=1S/C23H31FN3O10P/c1-13(2)17(21(31)35-14(3)4)26-38(33,37-15-8-6-5-7-9-15)34-12-23(24)19(30)18(29)20(36-23)27-11-10-16(28)25-22(27)32/h5-11,13-14,17-20,29-30H,12H2,1-4H3,(H,26,33)(H,25,28,32)/t17-,18+,19-,20+,23+,38?/m0/s1. The SMILES string of the molecule is CC(C)OC(=O)[C@@H](NP(=O)(OC[C@@]1(F)O[C@@H](n2ccc(=O)[nH]c2=O)[C@H](O)[C@@H]1O)Oc1ccccc1)C(C)C. The summed E-state index contributed by atoms with van der Waals surface area (Å²) < 4.78 is 51.4. The van der Waals surface area contributed by atoms with Gasteiger partial charge in [0.25, 0.3) is 11.4 Å². The molecule has 0 saturated carbocycles. The van der Waals surface area contributed by atoms with E-state index in [4.69, 9.17) is 18.5 Å². The molecule has 38 heavy (non-hydrogen) atoms. The van der Waals surface area contributed by atoms with Crippen LogP contribution in [-0.2, 0) is 23.4 Å². The lowest BCUT2D eigenvalue weighted by atomic mass is 10.1. The van der Waals surface area contributed by atoms with Crippen molar-refractivity contribution in [1.82, 2.24) is 14.6 Å². The van der Waals surface area contributed by atoms with Crippen molar-refractivity contribution in [2.75, 3.05) is 6.61 Å². The zero-order valence-corrected chi connectivity index (χ0v) is 22.0. The Bertz CT molecular complexity index is 1270. The number of alkyl halides is 1. The molecule has 0 bridgehead atoms. The normalized spacial score (nSPS) is 25.8. The molecule has 0 radical (unpaired) electrons. The quantitative estimate of drug-likeness (QED) is 0.230. The second-order valence-electron chi connectivity index (χ2n) is 9.26. The highest BCUT2D eigenvalue weighted by Gasteiger charge is 2.57. The van der Waals surface area contributed by atoms with Gasteiger partial charge in [-0.15, -0.1) is 0 Å². The van der Waals surface area contributed by atoms with Gasteiger partial charge < -0.3 is 24.2 Å². The average molecular weight is 559 g/mol. The van der Waals surface area contributed by atoms with Gasteiger partial charge in [0.05, 0.1) is 6.10 Å². The van der Waals surface area contributed by atoms with Crippen LogP contribution in [0.5, 0.6) is 5.75 Å². The van der Waals surface area contributed by atoms with Crippen LogP contribution < -0.4 is 20.9 Å². The molecule has 1 aliphatic heterocycles. The maximum atomic E-state index is 15.8. The number of aliphatic hydroxyl groups excluding tert-OH is 2. The van der Waals surface area contributed by atoms with Crippen LogP contribution in [0.25, 0.3) is 0 Å². The first-order valence-electron chi connectivity index (χ1n) is 11.8. The molecule has 2 heterocycles. The number of hydrogen-bond donors (Lipinski definition) is 4. The Morgan fingerprint density at radius 1 is 1.21 bits per heavy atom. The van der Waals surface area contributed by atoms with E-state index in [0.29, 0.717) is 4.57 Å². The average Bonchev–Trinajstić information content (AvgIpc) is 3.06. The zero-order valence-electron chi connectivity index (χ0n) is 21.1. The molecule has 1 fully saturated rings. The maximum absolute atomic E-state index is 15.8. The van der Waals surface area contributed by atoms with Crippen LogP contribution in [0.2, 0.25) is 0 Å². The molecule has 13 nitrogen and oxygen atoms in total. The number of esters is 1. The van der Waals surface area contributed by atoms with Crippen molar-refractivity contribution in [1.29, 1.82) is 0 Å². The van der Waals surface area contributed by atoms with E-state index in [1.165, 1.54) is 12.1 Å². The summed E-state index contributed by atoms with van der Waals surface area (Å²) in [6.45, 7) is 5.31. The lowest BCUT2D eigenvalue weighted by Crippen LogP contribution is -2.45. The van der Waals surface area contributed by atoms with E-state index in [-0.39, 0.29) is 5.75 Å². The first-order valence-corrected chi connectivity index (χ1v) is 13.3. The number of aliphatic hydroxyl groups is 2. The third-order valence-corrected chi connectivity index (χ3v) is 6.98. The summed E-state index contributed by atoms with van der Waals surface area (Å²) >= 11 is 0. The van der Waals surface area contributed by atoms with Crippen LogP contribution in [0.1, 0.15) is 33.9 Å². The monoisotopic (exact) mass is 559 g/mol. The van der Waals surface area contributed by atoms with Crippen LogP contribution in [0.15, 0.2) is 52.2 Å². The lowest BCUT2D eigenvalue weighted by Gasteiger charge is -2.29.